The van der Waals surface area contributed by atoms with E-state index in [2.05, 4.69) is 9.71 Å². The molecule has 0 aliphatic carbocycles. The van der Waals surface area contributed by atoms with Crippen molar-refractivity contribution in [2.75, 3.05) is 11.8 Å². The summed E-state index contributed by atoms with van der Waals surface area (Å²) in [6.07, 6.45) is 0.978. The van der Waals surface area contributed by atoms with Crippen LogP contribution in [0.3, 0.4) is 0 Å². The maximum absolute atomic E-state index is 12.1. The Bertz CT molecular complexity index is 741. The molecule has 110 valence electrons. The van der Waals surface area contributed by atoms with Crippen LogP contribution in [0, 0.1) is 10.1 Å². The summed E-state index contributed by atoms with van der Waals surface area (Å²) in [6.45, 7) is 0. The third-order valence-corrected chi connectivity index (χ3v) is 3.94. The number of hydrogen-bond acceptors (Lipinski definition) is 6. The number of aromatic nitrogens is 1. The van der Waals surface area contributed by atoms with E-state index in [0.29, 0.717) is 5.75 Å². The number of ether oxygens (including phenoxy) is 1. The van der Waals surface area contributed by atoms with Gasteiger partial charge in [0.15, 0.2) is 0 Å². The first-order valence-corrected chi connectivity index (χ1v) is 7.18. The number of rotatable bonds is 5. The standard InChI is InChI=1S/C12H11N3O5S/c1-20-10-3-5-11(6-4-10)21(18,19)14-12-7-2-9(8-13-12)15(16)17/h2-8H,1H3,(H,13,14). The minimum atomic E-state index is -3.81. The molecule has 0 fully saturated rings. The number of nitrogens with one attached hydrogen (secondary N) is 1. The van der Waals surface area contributed by atoms with Gasteiger partial charge in [-0.3, -0.25) is 14.8 Å². The molecule has 2 rings (SSSR count). The van der Waals surface area contributed by atoms with E-state index in [1.54, 1.807) is 0 Å². The number of nitro groups is 1. The largest absolute Gasteiger partial charge is 0.497 e. The molecule has 0 unspecified atom stereocenters. The fourth-order valence-electron chi connectivity index (χ4n) is 1.51. The van der Waals surface area contributed by atoms with E-state index in [9.17, 15) is 18.5 Å². The van der Waals surface area contributed by atoms with Crippen LogP contribution in [0.15, 0.2) is 47.5 Å². The molecular weight excluding hydrogens is 298 g/mol. The maximum atomic E-state index is 12.1. The van der Waals surface area contributed by atoms with Crippen molar-refractivity contribution in [2.24, 2.45) is 0 Å². The van der Waals surface area contributed by atoms with Crippen LogP contribution < -0.4 is 9.46 Å². The first-order chi connectivity index (χ1) is 9.92. The van der Waals surface area contributed by atoms with E-state index in [1.165, 1.54) is 43.5 Å². The van der Waals surface area contributed by atoms with E-state index in [0.717, 1.165) is 6.20 Å². The van der Waals surface area contributed by atoms with Crippen LogP contribution in [0.2, 0.25) is 0 Å². The van der Waals surface area contributed by atoms with Gasteiger partial charge in [-0.2, -0.15) is 0 Å². The molecular formula is C12H11N3O5S. The molecule has 0 atom stereocenters. The Hall–Kier alpha value is -2.68. The molecule has 8 nitrogen and oxygen atoms in total. The van der Waals surface area contributed by atoms with Gasteiger partial charge in [-0.1, -0.05) is 0 Å². The number of hydrogen-bond donors (Lipinski definition) is 1. The summed E-state index contributed by atoms with van der Waals surface area (Å²) < 4.78 is 31.4. The first-order valence-electron chi connectivity index (χ1n) is 5.70. The Balaban J connectivity index is 2.21. The Morgan fingerprint density at radius 2 is 1.86 bits per heavy atom. The van der Waals surface area contributed by atoms with E-state index in [1.807, 2.05) is 0 Å². The summed E-state index contributed by atoms with van der Waals surface area (Å²) in [6, 6.07) is 8.17. The maximum Gasteiger partial charge on any atom is 0.287 e. The summed E-state index contributed by atoms with van der Waals surface area (Å²) in [5.41, 5.74) is -0.220. The number of sulfonamides is 1. The second-order valence-electron chi connectivity index (χ2n) is 3.94. The zero-order chi connectivity index (χ0) is 15.5. The van der Waals surface area contributed by atoms with E-state index in [4.69, 9.17) is 4.74 Å². The molecule has 2 aromatic rings. The van der Waals surface area contributed by atoms with Gasteiger partial charge in [-0.25, -0.2) is 13.4 Å². The first kappa shape index (κ1) is 14.7. The minimum Gasteiger partial charge on any atom is -0.497 e. The summed E-state index contributed by atoms with van der Waals surface area (Å²) in [7, 11) is -2.33. The summed E-state index contributed by atoms with van der Waals surface area (Å²) in [4.78, 5) is 13.6. The van der Waals surface area contributed by atoms with Gasteiger partial charge in [0.2, 0.25) is 0 Å². The van der Waals surface area contributed by atoms with Gasteiger partial charge in [0.25, 0.3) is 15.7 Å². The molecule has 0 amide bonds. The van der Waals surface area contributed by atoms with E-state index < -0.39 is 14.9 Å². The third kappa shape index (κ3) is 3.45. The monoisotopic (exact) mass is 309 g/mol. The van der Waals surface area contributed by atoms with Crippen molar-refractivity contribution in [1.29, 1.82) is 0 Å². The van der Waals surface area contributed by atoms with Crippen molar-refractivity contribution >= 4 is 21.5 Å². The Kier molecular flexibility index (Phi) is 4.03. The Morgan fingerprint density at radius 3 is 2.33 bits per heavy atom. The lowest BCUT2D eigenvalue weighted by atomic mass is 10.3. The molecule has 0 spiro atoms. The number of pyridine rings is 1. The van der Waals surface area contributed by atoms with Crippen LogP contribution in [0.25, 0.3) is 0 Å². The van der Waals surface area contributed by atoms with Crippen molar-refractivity contribution in [3.63, 3.8) is 0 Å². The van der Waals surface area contributed by atoms with Crippen LogP contribution >= 0.6 is 0 Å². The van der Waals surface area contributed by atoms with Gasteiger partial charge in [0, 0.05) is 6.07 Å². The average molecular weight is 309 g/mol. The fourth-order valence-corrected chi connectivity index (χ4v) is 2.51. The fraction of sp³-hybridized carbons (Fsp3) is 0.0833. The summed E-state index contributed by atoms with van der Waals surface area (Å²) >= 11 is 0. The van der Waals surface area contributed by atoms with Gasteiger partial charge in [-0.15, -0.1) is 0 Å². The zero-order valence-corrected chi connectivity index (χ0v) is 11.7. The van der Waals surface area contributed by atoms with Gasteiger partial charge in [0.05, 0.1) is 16.9 Å². The SMILES string of the molecule is COc1ccc(S(=O)(=O)Nc2ccc([N+](=O)[O-])cn2)cc1. The molecule has 0 aliphatic heterocycles. The van der Waals surface area contributed by atoms with Crippen molar-refractivity contribution < 1.29 is 18.1 Å². The molecule has 1 N–H and O–H groups in total. The van der Waals surface area contributed by atoms with E-state index >= 15 is 0 Å². The van der Waals surface area contributed by atoms with Crippen molar-refractivity contribution in [2.45, 2.75) is 4.90 Å². The number of nitrogens with zero attached hydrogens (tertiary/aromatic N) is 2. The Labute approximate surface area is 120 Å². The highest BCUT2D eigenvalue weighted by molar-refractivity contribution is 7.92. The average Bonchev–Trinajstić information content (AvgIpc) is 2.47. The lowest BCUT2D eigenvalue weighted by Crippen LogP contribution is -2.13. The van der Waals surface area contributed by atoms with Gasteiger partial charge >= 0.3 is 0 Å². The van der Waals surface area contributed by atoms with Gasteiger partial charge in [0.1, 0.15) is 17.8 Å². The second-order valence-corrected chi connectivity index (χ2v) is 5.62. The highest BCUT2D eigenvalue weighted by Gasteiger charge is 2.15. The molecule has 0 saturated carbocycles. The lowest BCUT2D eigenvalue weighted by molar-refractivity contribution is -0.385. The third-order valence-electron chi connectivity index (χ3n) is 2.57. The van der Waals surface area contributed by atoms with Crippen LogP contribution in [0.1, 0.15) is 0 Å². The van der Waals surface area contributed by atoms with E-state index in [-0.39, 0.29) is 16.4 Å². The quantitative estimate of drug-likeness (QED) is 0.666. The van der Waals surface area contributed by atoms with Gasteiger partial charge in [-0.05, 0) is 30.3 Å². The molecule has 0 bridgehead atoms. The van der Waals surface area contributed by atoms with Crippen LogP contribution in [-0.2, 0) is 10.0 Å². The molecule has 1 aromatic heterocycles. The normalized spacial score (nSPS) is 10.9. The molecule has 0 saturated heterocycles. The molecule has 0 radical (unpaired) electrons. The molecule has 9 heteroatoms. The lowest BCUT2D eigenvalue weighted by Gasteiger charge is -2.07. The number of methoxy groups -OCH3 is 1. The number of anilines is 1. The van der Waals surface area contributed by atoms with Gasteiger partial charge < -0.3 is 4.74 Å². The Morgan fingerprint density at radius 1 is 1.19 bits per heavy atom. The van der Waals surface area contributed by atoms with Crippen LogP contribution in [-0.4, -0.2) is 25.4 Å². The summed E-state index contributed by atoms with van der Waals surface area (Å²) in [5, 5.41) is 10.5. The van der Waals surface area contributed by atoms with Crippen molar-refractivity contribution in [3.05, 3.63) is 52.7 Å². The van der Waals surface area contributed by atoms with Crippen molar-refractivity contribution in [3.8, 4) is 5.75 Å². The second kappa shape index (κ2) is 5.75. The number of benzene rings is 1. The zero-order valence-electron chi connectivity index (χ0n) is 10.9. The molecule has 1 aromatic carbocycles. The van der Waals surface area contributed by atoms with Crippen LogP contribution in [0.5, 0.6) is 5.75 Å². The predicted molar refractivity (Wildman–Crippen MR) is 74.7 cm³/mol. The highest BCUT2D eigenvalue weighted by Crippen LogP contribution is 2.19. The molecule has 0 aliphatic rings. The topological polar surface area (TPSA) is 111 Å². The molecule has 1 heterocycles. The minimum absolute atomic E-state index is 0.00332. The molecule has 21 heavy (non-hydrogen) atoms. The summed E-state index contributed by atoms with van der Waals surface area (Å²) in [5.74, 6) is 0.527. The predicted octanol–water partition coefficient (Wildman–Crippen LogP) is 1.80. The highest BCUT2D eigenvalue weighted by atomic mass is 32.2. The van der Waals surface area contributed by atoms with Crippen LogP contribution in [0.4, 0.5) is 11.5 Å². The smallest absolute Gasteiger partial charge is 0.287 e. The van der Waals surface area contributed by atoms with Crippen molar-refractivity contribution in [1.82, 2.24) is 4.98 Å².